The molecule has 0 fully saturated rings. The van der Waals surface area contributed by atoms with Crippen LogP contribution in [0.2, 0.25) is 0 Å². The van der Waals surface area contributed by atoms with Gasteiger partial charge in [0.25, 0.3) is 11.8 Å². The molecule has 0 bridgehead atoms. The van der Waals surface area contributed by atoms with Crippen molar-refractivity contribution in [3.63, 3.8) is 0 Å². The van der Waals surface area contributed by atoms with Crippen molar-refractivity contribution in [3.05, 3.63) is 81.2 Å². The molecule has 196 valence electrons. The van der Waals surface area contributed by atoms with Crippen molar-refractivity contribution in [1.82, 2.24) is 9.88 Å². The van der Waals surface area contributed by atoms with Gasteiger partial charge in [-0.15, -0.1) is 11.3 Å². The van der Waals surface area contributed by atoms with E-state index in [-0.39, 0.29) is 22.4 Å². The van der Waals surface area contributed by atoms with Crippen molar-refractivity contribution < 1.29 is 19.1 Å². The average Bonchev–Trinajstić information content (AvgIpc) is 3.24. The summed E-state index contributed by atoms with van der Waals surface area (Å²) < 4.78 is 5.01. The van der Waals surface area contributed by atoms with Crippen molar-refractivity contribution in [1.29, 1.82) is 0 Å². The summed E-state index contributed by atoms with van der Waals surface area (Å²) >= 11 is 1.09. The Morgan fingerprint density at radius 3 is 2.21 bits per heavy atom. The summed E-state index contributed by atoms with van der Waals surface area (Å²) in [6.07, 6.45) is 0. The summed E-state index contributed by atoms with van der Waals surface area (Å²) in [5.41, 5.74) is 5.29. The Balaban J connectivity index is 1.85. The number of aryl methyl sites for hydroxylation is 1. The van der Waals surface area contributed by atoms with Crippen LogP contribution in [0.15, 0.2) is 48.5 Å². The maximum atomic E-state index is 13.9. The number of anilines is 1. The highest BCUT2D eigenvalue weighted by atomic mass is 32.1. The Morgan fingerprint density at radius 2 is 1.58 bits per heavy atom. The molecule has 0 saturated heterocycles. The number of hydrogen-bond donors (Lipinski definition) is 1. The minimum Gasteiger partial charge on any atom is -0.465 e. The Morgan fingerprint density at radius 1 is 0.921 bits per heavy atom. The van der Waals surface area contributed by atoms with E-state index in [1.54, 1.807) is 11.8 Å². The molecule has 7 nitrogen and oxygen atoms in total. The third kappa shape index (κ3) is 4.91. The fourth-order valence-corrected chi connectivity index (χ4v) is 5.72. The van der Waals surface area contributed by atoms with Crippen molar-refractivity contribution in [2.45, 2.75) is 34.6 Å². The number of pyridine rings is 1. The van der Waals surface area contributed by atoms with Crippen LogP contribution in [0.3, 0.4) is 0 Å². The van der Waals surface area contributed by atoms with E-state index in [2.05, 4.69) is 5.32 Å². The van der Waals surface area contributed by atoms with Crippen molar-refractivity contribution >= 4 is 45.0 Å². The number of benzene rings is 2. The molecular weight excluding hydrogens is 498 g/mol. The lowest BCUT2D eigenvalue weighted by Crippen LogP contribution is -2.30. The molecule has 2 aromatic carbocycles. The summed E-state index contributed by atoms with van der Waals surface area (Å²) in [6, 6.07) is 15.5. The molecule has 0 unspecified atom stereocenters. The van der Waals surface area contributed by atoms with Crippen LogP contribution >= 0.6 is 11.3 Å². The number of para-hydroxylation sites is 1. The number of nitrogens with zero attached hydrogens (tertiary/aromatic N) is 2. The first-order valence-electron chi connectivity index (χ1n) is 12.5. The lowest BCUT2D eigenvalue weighted by atomic mass is 9.96. The van der Waals surface area contributed by atoms with Gasteiger partial charge in [0.1, 0.15) is 5.00 Å². The van der Waals surface area contributed by atoms with E-state index in [1.165, 1.54) is 7.11 Å². The first-order valence-corrected chi connectivity index (χ1v) is 13.3. The molecule has 0 aliphatic carbocycles. The predicted octanol–water partition coefficient (Wildman–Crippen LogP) is 6.41. The van der Waals surface area contributed by atoms with E-state index in [4.69, 9.17) is 9.72 Å². The normalized spacial score (nSPS) is 10.9. The quantitative estimate of drug-likeness (QED) is 0.280. The molecule has 2 amide bonds. The van der Waals surface area contributed by atoms with Crippen LogP contribution in [-0.2, 0) is 4.74 Å². The van der Waals surface area contributed by atoms with Crippen LogP contribution in [0.1, 0.15) is 60.9 Å². The molecular formula is C30H31N3O4S. The molecule has 0 atom stereocenters. The average molecular weight is 530 g/mol. The van der Waals surface area contributed by atoms with Crippen LogP contribution in [0.4, 0.5) is 5.00 Å². The Kier molecular flexibility index (Phi) is 7.92. The summed E-state index contributed by atoms with van der Waals surface area (Å²) in [4.78, 5) is 46.8. The van der Waals surface area contributed by atoms with Gasteiger partial charge in [-0.2, -0.15) is 0 Å². The number of methoxy groups -OCH3 is 1. The SMILES string of the molecule is CCN(CC)C(=O)c1sc(NC(=O)c2c(C)c(-c3ccc(C)cc3)nc3ccccc23)c(C(=O)OC)c1C. The first-order chi connectivity index (χ1) is 18.2. The number of esters is 1. The summed E-state index contributed by atoms with van der Waals surface area (Å²) in [5, 5.41) is 3.92. The highest BCUT2D eigenvalue weighted by Gasteiger charge is 2.29. The van der Waals surface area contributed by atoms with Crippen molar-refractivity contribution in [3.8, 4) is 11.3 Å². The summed E-state index contributed by atoms with van der Waals surface area (Å²) in [6.45, 7) is 10.5. The predicted molar refractivity (Wildman–Crippen MR) is 152 cm³/mol. The van der Waals surface area contributed by atoms with E-state index >= 15 is 0 Å². The number of aromatic nitrogens is 1. The number of hydrogen-bond acceptors (Lipinski definition) is 6. The van der Waals surface area contributed by atoms with Gasteiger partial charge in [-0.05, 0) is 51.8 Å². The highest BCUT2D eigenvalue weighted by Crippen LogP contribution is 2.36. The second-order valence-corrected chi connectivity index (χ2v) is 10.0. The molecule has 1 N–H and O–H groups in total. The van der Waals surface area contributed by atoms with Crippen LogP contribution < -0.4 is 5.32 Å². The maximum absolute atomic E-state index is 13.9. The largest absolute Gasteiger partial charge is 0.465 e. The molecule has 4 rings (SSSR count). The lowest BCUT2D eigenvalue weighted by Gasteiger charge is -2.18. The molecule has 0 aliphatic rings. The monoisotopic (exact) mass is 529 g/mol. The van der Waals surface area contributed by atoms with Gasteiger partial charge in [-0.1, -0.05) is 48.0 Å². The van der Waals surface area contributed by atoms with Gasteiger partial charge in [-0.3, -0.25) is 9.59 Å². The van der Waals surface area contributed by atoms with Gasteiger partial charge in [0, 0.05) is 24.0 Å². The standard InChI is InChI=1S/C30H31N3O4S/c1-7-33(8-2)29(35)26-19(5)24(30(36)37-6)28(38-26)32-27(34)23-18(4)25(20-15-13-17(3)14-16-20)31-22-12-10-9-11-21(22)23/h9-16H,7-8H2,1-6H3,(H,32,34). The topological polar surface area (TPSA) is 88.6 Å². The number of carbonyl (C=O) groups is 3. The molecule has 8 heteroatoms. The number of fused-ring (bicyclic) bond motifs is 1. The van der Waals surface area contributed by atoms with E-state index in [0.717, 1.165) is 28.0 Å². The maximum Gasteiger partial charge on any atom is 0.341 e. The van der Waals surface area contributed by atoms with E-state index in [0.29, 0.717) is 45.7 Å². The Labute approximate surface area is 226 Å². The molecule has 0 aliphatic heterocycles. The van der Waals surface area contributed by atoms with Gasteiger partial charge in [0.2, 0.25) is 0 Å². The molecule has 2 heterocycles. The van der Waals surface area contributed by atoms with E-state index < -0.39 is 5.97 Å². The van der Waals surface area contributed by atoms with Crippen LogP contribution in [-0.4, -0.2) is 47.9 Å². The molecule has 38 heavy (non-hydrogen) atoms. The molecule has 2 aromatic heterocycles. The zero-order valence-electron chi connectivity index (χ0n) is 22.5. The molecule has 0 saturated carbocycles. The molecule has 4 aromatic rings. The van der Waals surface area contributed by atoms with Gasteiger partial charge in [-0.25, -0.2) is 9.78 Å². The fraction of sp³-hybridized carbons (Fsp3) is 0.267. The smallest absolute Gasteiger partial charge is 0.341 e. The van der Waals surface area contributed by atoms with Crippen molar-refractivity contribution in [2.75, 3.05) is 25.5 Å². The van der Waals surface area contributed by atoms with Gasteiger partial charge >= 0.3 is 5.97 Å². The highest BCUT2D eigenvalue weighted by molar-refractivity contribution is 7.18. The number of thiophene rings is 1. The fourth-order valence-electron chi connectivity index (χ4n) is 4.57. The molecule has 0 radical (unpaired) electrons. The van der Waals surface area contributed by atoms with Gasteiger partial charge in [0.15, 0.2) is 0 Å². The number of ether oxygens (including phenoxy) is 1. The second kappa shape index (κ2) is 11.1. The van der Waals surface area contributed by atoms with Gasteiger partial charge in [0.05, 0.1) is 34.3 Å². The van der Waals surface area contributed by atoms with E-state index in [1.807, 2.05) is 76.2 Å². The van der Waals surface area contributed by atoms with Gasteiger partial charge < -0.3 is 15.0 Å². The number of rotatable bonds is 7. The summed E-state index contributed by atoms with van der Waals surface area (Å²) in [7, 11) is 1.28. The third-order valence-electron chi connectivity index (χ3n) is 6.70. The third-order valence-corrected chi connectivity index (χ3v) is 7.89. The lowest BCUT2D eigenvalue weighted by molar-refractivity contribution is 0.0601. The van der Waals surface area contributed by atoms with E-state index in [9.17, 15) is 14.4 Å². The van der Waals surface area contributed by atoms with Crippen LogP contribution in [0, 0.1) is 20.8 Å². The number of amides is 2. The molecule has 0 spiro atoms. The zero-order chi connectivity index (χ0) is 27.6. The van der Waals surface area contributed by atoms with Crippen LogP contribution in [0.5, 0.6) is 0 Å². The van der Waals surface area contributed by atoms with Crippen LogP contribution in [0.25, 0.3) is 22.2 Å². The first kappa shape index (κ1) is 27.0. The Bertz CT molecular complexity index is 1540. The zero-order valence-corrected chi connectivity index (χ0v) is 23.3. The van der Waals surface area contributed by atoms with Crippen molar-refractivity contribution in [2.24, 2.45) is 0 Å². The minimum absolute atomic E-state index is 0.185. The minimum atomic E-state index is -0.607. The number of carbonyl (C=O) groups excluding carboxylic acids is 3. The Hall–Kier alpha value is -4.04. The second-order valence-electron chi connectivity index (χ2n) is 9.03. The number of nitrogens with one attached hydrogen (secondary N) is 1. The summed E-state index contributed by atoms with van der Waals surface area (Å²) in [5.74, 6) is -1.18.